The number of carbonyl (C=O) groups is 1. The van der Waals surface area contributed by atoms with Gasteiger partial charge in [-0.25, -0.2) is 9.97 Å². The fourth-order valence-electron chi connectivity index (χ4n) is 3.91. The molecular formula is C18H24N6O. The molecule has 25 heavy (non-hydrogen) atoms. The number of aryl methyl sites for hydroxylation is 1. The maximum absolute atomic E-state index is 12.6. The lowest BCUT2D eigenvalue weighted by Crippen LogP contribution is -2.40. The first-order valence-electron chi connectivity index (χ1n) is 9.00. The van der Waals surface area contributed by atoms with Crippen LogP contribution in [0.1, 0.15) is 52.8 Å². The molecule has 1 atom stereocenters. The van der Waals surface area contributed by atoms with Crippen molar-refractivity contribution in [2.45, 2.75) is 38.5 Å². The average molecular weight is 340 g/mol. The Morgan fingerprint density at radius 3 is 2.96 bits per heavy atom. The lowest BCUT2D eigenvalue weighted by molar-refractivity contribution is 0.0698. The van der Waals surface area contributed by atoms with Crippen LogP contribution in [0.3, 0.4) is 0 Å². The molecule has 0 saturated carbocycles. The molecule has 0 bridgehead atoms. The summed E-state index contributed by atoms with van der Waals surface area (Å²) in [6.07, 6.45) is 5.82. The van der Waals surface area contributed by atoms with Crippen molar-refractivity contribution in [1.29, 1.82) is 0 Å². The van der Waals surface area contributed by atoms with Gasteiger partial charge in [-0.3, -0.25) is 9.89 Å². The number of amides is 1. The number of aromatic amines is 1. The molecule has 1 saturated heterocycles. The van der Waals surface area contributed by atoms with Crippen LogP contribution in [0.4, 0.5) is 5.82 Å². The van der Waals surface area contributed by atoms with Crippen LogP contribution >= 0.6 is 0 Å². The molecule has 0 aliphatic carbocycles. The van der Waals surface area contributed by atoms with Gasteiger partial charge in [-0.05, 0) is 38.7 Å². The van der Waals surface area contributed by atoms with Gasteiger partial charge in [0.1, 0.15) is 17.3 Å². The monoisotopic (exact) mass is 340 g/mol. The third kappa shape index (κ3) is 2.99. The summed E-state index contributed by atoms with van der Waals surface area (Å²) < 4.78 is 0. The number of rotatable bonds is 2. The van der Waals surface area contributed by atoms with E-state index in [1.807, 2.05) is 4.90 Å². The van der Waals surface area contributed by atoms with Gasteiger partial charge in [0.25, 0.3) is 5.91 Å². The summed E-state index contributed by atoms with van der Waals surface area (Å²) in [5.74, 6) is 2.16. The minimum atomic E-state index is 0.00833. The Hall–Kier alpha value is -2.44. The molecule has 1 fully saturated rings. The quantitative estimate of drug-likeness (QED) is 0.903. The highest BCUT2D eigenvalue weighted by Gasteiger charge is 2.29. The van der Waals surface area contributed by atoms with Crippen molar-refractivity contribution in [2.75, 3.05) is 31.6 Å². The number of hydrogen-bond acceptors (Lipinski definition) is 5. The molecule has 0 unspecified atom stereocenters. The average Bonchev–Trinajstić information content (AvgIpc) is 3.16. The summed E-state index contributed by atoms with van der Waals surface area (Å²) in [6, 6.07) is 1.72. The molecule has 1 N–H and O–H groups in total. The number of hydrogen-bond donors (Lipinski definition) is 1. The van der Waals surface area contributed by atoms with Crippen molar-refractivity contribution in [1.82, 2.24) is 25.1 Å². The molecule has 0 aromatic carbocycles. The molecule has 7 heteroatoms. The van der Waals surface area contributed by atoms with Crippen LogP contribution < -0.4 is 4.90 Å². The number of piperidine rings is 1. The summed E-state index contributed by atoms with van der Waals surface area (Å²) in [5.41, 5.74) is 2.91. The lowest BCUT2D eigenvalue weighted by Gasteiger charge is -2.33. The molecule has 2 aliphatic heterocycles. The van der Waals surface area contributed by atoms with E-state index in [1.165, 1.54) is 5.56 Å². The summed E-state index contributed by atoms with van der Waals surface area (Å²) in [5, 5.41) is 6.65. The highest BCUT2D eigenvalue weighted by molar-refractivity contribution is 5.92. The molecule has 0 spiro atoms. The number of aromatic nitrogens is 4. The molecule has 0 radical (unpaired) electrons. The van der Waals surface area contributed by atoms with E-state index >= 15 is 0 Å². The molecule has 4 rings (SSSR count). The summed E-state index contributed by atoms with van der Waals surface area (Å²) in [6.45, 7) is 4.56. The van der Waals surface area contributed by atoms with Crippen LogP contribution in [0.25, 0.3) is 0 Å². The molecular weight excluding hydrogens is 316 g/mol. The Kier molecular flexibility index (Phi) is 4.15. The van der Waals surface area contributed by atoms with Crippen molar-refractivity contribution >= 4 is 11.7 Å². The Balaban J connectivity index is 1.58. The smallest absolute Gasteiger partial charge is 0.271 e. The minimum Gasteiger partial charge on any atom is -0.359 e. The standard InChI is InChI=1S/C18H24N6O/c1-12-14-6-4-9-23(2)17(14)21-16(20-12)13-5-3-10-24(11-13)18(25)15-7-8-19-22-15/h7-8,13H,3-6,9-11H2,1-2H3,(H,19,22)/t13-/m1/s1. The second kappa shape index (κ2) is 6.46. The van der Waals surface area contributed by atoms with Gasteiger partial charge in [0.15, 0.2) is 0 Å². The number of nitrogens with zero attached hydrogens (tertiary/aromatic N) is 5. The second-order valence-corrected chi connectivity index (χ2v) is 7.06. The lowest BCUT2D eigenvalue weighted by atomic mass is 9.96. The Bertz CT molecular complexity index is 772. The SMILES string of the molecule is Cc1nc([C@@H]2CCCN(C(=O)c3ccn[nH]3)C2)nc2c1CCCN2C. The molecule has 4 heterocycles. The Morgan fingerprint density at radius 1 is 1.28 bits per heavy atom. The topological polar surface area (TPSA) is 78.0 Å². The summed E-state index contributed by atoms with van der Waals surface area (Å²) >= 11 is 0. The fraction of sp³-hybridized carbons (Fsp3) is 0.556. The molecule has 2 aliphatic rings. The molecule has 2 aromatic rings. The zero-order chi connectivity index (χ0) is 17.4. The highest BCUT2D eigenvalue weighted by Crippen LogP contribution is 2.31. The van der Waals surface area contributed by atoms with Crippen LogP contribution in [0, 0.1) is 6.92 Å². The van der Waals surface area contributed by atoms with Crippen molar-refractivity contribution in [3.63, 3.8) is 0 Å². The van der Waals surface area contributed by atoms with Crippen LogP contribution in [0.2, 0.25) is 0 Å². The predicted molar refractivity (Wildman–Crippen MR) is 94.8 cm³/mol. The van der Waals surface area contributed by atoms with Crippen molar-refractivity contribution < 1.29 is 4.79 Å². The van der Waals surface area contributed by atoms with E-state index in [4.69, 9.17) is 9.97 Å². The normalized spacial score (nSPS) is 20.5. The number of likely N-dealkylation sites (tertiary alicyclic amines) is 1. The highest BCUT2D eigenvalue weighted by atomic mass is 16.2. The fourth-order valence-corrected chi connectivity index (χ4v) is 3.91. The van der Waals surface area contributed by atoms with Crippen LogP contribution in [-0.4, -0.2) is 57.7 Å². The third-order valence-corrected chi connectivity index (χ3v) is 5.30. The summed E-state index contributed by atoms with van der Waals surface area (Å²) in [4.78, 5) is 26.4. The number of H-pyrrole nitrogens is 1. The molecule has 132 valence electrons. The summed E-state index contributed by atoms with van der Waals surface area (Å²) in [7, 11) is 2.10. The van der Waals surface area contributed by atoms with Gasteiger partial charge in [-0.15, -0.1) is 0 Å². The zero-order valence-electron chi connectivity index (χ0n) is 14.8. The van der Waals surface area contributed by atoms with Gasteiger partial charge in [0.05, 0.1) is 0 Å². The first-order chi connectivity index (χ1) is 12.1. The van der Waals surface area contributed by atoms with Gasteiger partial charge in [0.2, 0.25) is 0 Å². The van der Waals surface area contributed by atoms with E-state index in [2.05, 4.69) is 29.1 Å². The van der Waals surface area contributed by atoms with Crippen LogP contribution in [-0.2, 0) is 6.42 Å². The van der Waals surface area contributed by atoms with Crippen LogP contribution in [0.15, 0.2) is 12.3 Å². The third-order valence-electron chi connectivity index (χ3n) is 5.30. The van der Waals surface area contributed by atoms with E-state index in [0.717, 1.165) is 56.1 Å². The number of anilines is 1. The first kappa shape index (κ1) is 16.1. The number of carbonyl (C=O) groups excluding carboxylic acids is 1. The Morgan fingerprint density at radius 2 is 2.16 bits per heavy atom. The van der Waals surface area contributed by atoms with Gasteiger partial charge in [0, 0.05) is 50.1 Å². The van der Waals surface area contributed by atoms with Gasteiger partial charge in [-0.1, -0.05) is 0 Å². The van der Waals surface area contributed by atoms with E-state index in [9.17, 15) is 4.79 Å². The van der Waals surface area contributed by atoms with Crippen molar-refractivity contribution in [2.24, 2.45) is 0 Å². The van der Waals surface area contributed by atoms with Gasteiger partial charge >= 0.3 is 0 Å². The first-order valence-corrected chi connectivity index (χ1v) is 9.00. The maximum Gasteiger partial charge on any atom is 0.271 e. The zero-order valence-corrected chi connectivity index (χ0v) is 14.8. The van der Waals surface area contributed by atoms with E-state index in [1.54, 1.807) is 12.3 Å². The van der Waals surface area contributed by atoms with E-state index in [0.29, 0.717) is 12.2 Å². The van der Waals surface area contributed by atoms with Gasteiger partial charge in [-0.2, -0.15) is 5.10 Å². The second-order valence-electron chi connectivity index (χ2n) is 7.06. The Labute approximate surface area is 147 Å². The molecule has 2 aromatic heterocycles. The van der Waals surface area contributed by atoms with Crippen molar-refractivity contribution in [3.8, 4) is 0 Å². The minimum absolute atomic E-state index is 0.00833. The van der Waals surface area contributed by atoms with E-state index in [-0.39, 0.29) is 11.8 Å². The van der Waals surface area contributed by atoms with Crippen molar-refractivity contribution in [3.05, 3.63) is 35.0 Å². The molecule has 7 nitrogen and oxygen atoms in total. The maximum atomic E-state index is 12.6. The number of fused-ring (bicyclic) bond motifs is 1. The van der Waals surface area contributed by atoms with Gasteiger partial charge < -0.3 is 9.80 Å². The van der Waals surface area contributed by atoms with Crippen LogP contribution in [0.5, 0.6) is 0 Å². The molecule has 1 amide bonds. The largest absolute Gasteiger partial charge is 0.359 e. The predicted octanol–water partition coefficient (Wildman–Crippen LogP) is 1.91. The number of nitrogens with one attached hydrogen (secondary N) is 1. The van der Waals surface area contributed by atoms with E-state index < -0.39 is 0 Å².